The van der Waals surface area contributed by atoms with E-state index in [2.05, 4.69) is 37.6 Å². The summed E-state index contributed by atoms with van der Waals surface area (Å²) < 4.78 is 11.5. The summed E-state index contributed by atoms with van der Waals surface area (Å²) in [4.78, 5) is 29.5. The molecule has 0 saturated carbocycles. The number of allylic oxidation sites excluding steroid dienone is 1. The number of hydrogen-bond acceptors (Lipinski definition) is 8. The minimum Gasteiger partial charge on any atom is -0.466 e. The van der Waals surface area contributed by atoms with Crippen molar-refractivity contribution in [2.75, 3.05) is 32.8 Å². The Kier molecular flexibility index (Phi) is 37.5. The quantitative estimate of drug-likeness (QED) is 0.0464. The number of unbranched alkanes of at least 4 members (excludes halogenated alkanes) is 24. The smallest absolute Gasteiger partial charge is 0.306 e. The first-order valence-electron chi connectivity index (χ1n) is 25.0. The lowest BCUT2D eigenvalue weighted by molar-refractivity contribution is -0.150. The maximum atomic E-state index is 12.9. The van der Waals surface area contributed by atoms with Gasteiger partial charge in [0.2, 0.25) is 6.35 Å². The minimum absolute atomic E-state index is 0.0139. The lowest BCUT2D eigenvalue weighted by Crippen LogP contribution is -2.45. The number of nitrogens with one attached hydrogen (secondary N) is 1. The van der Waals surface area contributed by atoms with Gasteiger partial charge in [-0.3, -0.25) is 9.59 Å². The van der Waals surface area contributed by atoms with Crippen molar-refractivity contribution in [1.82, 2.24) is 15.1 Å². The van der Waals surface area contributed by atoms with Crippen LogP contribution in [0.2, 0.25) is 0 Å². The molecule has 1 atom stereocenters. The fraction of sp³-hybridized carbons (Fsp3) is 0.880. The van der Waals surface area contributed by atoms with E-state index in [1.54, 1.807) is 0 Å². The molecule has 58 heavy (non-hydrogen) atoms. The Hall–Kier alpha value is -2.06. The summed E-state index contributed by atoms with van der Waals surface area (Å²) in [6.07, 6.45) is 42.3. The van der Waals surface area contributed by atoms with Gasteiger partial charge in [0.25, 0.3) is 0 Å². The Morgan fingerprint density at radius 3 is 1.57 bits per heavy atom. The predicted octanol–water partition coefficient (Wildman–Crippen LogP) is 13.3. The van der Waals surface area contributed by atoms with Crippen molar-refractivity contribution >= 4 is 11.9 Å². The van der Waals surface area contributed by atoms with E-state index >= 15 is 0 Å². The number of nitrogens with zero attached hydrogens (tertiary/aromatic N) is 2. The van der Waals surface area contributed by atoms with Crippen LogP contribution in [0.4, 0.5) is 0 Å². The molecule has 0 bridgehead atoms. The largest absolute Gasteiger partial charge is 0.466 e. The zero-order valence-corrected chi connectivity index (χ0v) is 38.6. The summed E-state index contributed by atoms with van der Waals surface area (Å²) in [5.41, 5.74) is 0.735. The van der Waals surface area contributed by atoms with Gasteiger partial charge in [-0.2, -0.15) is 0 Å². The number of aliphatic hydroxyl groups excluding tert-OH is 1. The van der Waals surface area contributed by atoms with Crippen LogP contribution in [0.15, 0.2) is 24.6 Å². The van der Waals surface area contributed by atoms with Crippen LogP contribution in [-0.2, 0) is 19.1 Å². The SMILES string of the molecule is C=C1C=CN(CCCN(CCCCCCCC(=O)OCCCCCCCCC)CCCCCCCC(=O)OC(CCCCCCCC)CCCCCCCC)C(O)N1. The standard InChI is InChI=1S/C50H95N3O5/c1-5-8-11-14-17-26-33-45-57-48(54)37-29-22-18-24-31-40-52(42-34-43-53-44-39-46(4)51-50(53)56)41-32-25-19-23-30-38-49(55)58-47(35-27-20-15-12-9-6-2)36-28-21-16-13-10-7-3/h39,44,47,50-51,56H,4-38,40-43,45H2,1-3H3. The molecular weight excluding hydrogens is 723 g/mol. The molecular formula is C50H95N3O5. The van der Waals surface area contributed by atoms with Gasteiger partial charge >= 0.3 is 11.9 Å². The molecule has 0 radical (unpaired) electrons. The van der Waals surface area contributed by atoms with Crippen molar-refractivity contribution in [3.05, 3.63) is 24.6 Å². The highest BCUT2D eigenvalue weighted by Gasteiger charge is 2.17. The monoisotopic (exact) mass is 818 g/mol. The molecule has 0 aliphatic carbocycles. The molecule has 1 rings (SSSR count). The molecule has 0 aromatic carbocycles. The Morgan fingerprint density at radius 2 is 1.05 bits per heavy atom. The van der Waals surface area contributed by atoms with E-state index in [9.17, 15) is 14.7 Å². The number of carbonyl (C=O) groups excluding carboxylic acids is 2. The van der Waals surface area contributed by atoms with Gasteiger partial charge in [-0.1, -0.05) is 169 Å². The molecule has 1 heterocycles. The minimum atomic E-state index is -0.715. The average molecular weight is 818 g/mol. The third-order valence-corrected chi connectivity index (χ3v) is 11.8. The lowest BCUT2D eigenvalue weighted by Gasteiger charge is -2.32. The van der Waals surface area contributed by atoms with Gasteiger partial charge in [-0.05, 0) is 89.9 Å². The summed E-state index contributed by atoms with van der Waals surface area (Å²) in [6, 6.07) is 0. The Balaban J connectivity index is 2.33. The van der Waals surface area contributed by atoms with E-state index in [1.165, 1.54) is 122 Å². The van der Waals surface area contributed by atoms with Gasteiger partial charge in [0.1, 0.15) is 6.10 Å². The number of carbonyl (C=O) groups is 2. The summed E-state index contributed by atoms with van der Waals surface area (Å²) >= 11 is 0. The van der Waals surface area contributed by atoms with E-state index in [-0.39, 0.29) is 18.0 Å². The average Bonchev–Trinajstić information content (AvgIpc) is 3.21. The van der Waals surface area contributed by atoms with Crippen molar-refractivity contribution in [3.8, 4) is 0 Å². The van der Waals surface area contributed by atoms with Crippen LogP contribution < -0.4 is 5.32 Å². The number of aliphatic hydroxyl groups is 1. The number of hydrogen-bond donors (Lipinski definition) is 2. The summed E-state index contributed by atoms with van der Waals surface area (Å²) in [7, 11) is 0. The third kappa shape index (κ3) is 33.7. The number of rotatable bonds is 43. The first kappa shape index (κ1) is 54.0. The molecule has 0 spiro atoms. The van der Waals surface area contributed by atoms with Crippen molar-refractivity contribution in [3.63, 3.8) is 0 Å². The molecule has 0 fully saturated rings. The molecule has 1 aliphatic heterocycles. The molecule has 340 valence electrons. The second-order valence-corrected chi connectivity index (χ2v) is 17.4. The highest BCUT2D eigenvalue weighted by Crippen LogP contribution is 2.19. The lowest BCUT2D eigenvalue weighted by atomic mass is 10.0. The van der Waals surface area contributed by atoms with E-state index in [1.807, 2.05) is 17.2 Å². The summed E-state index contributed by atoms with van der Waals surface area (Å²) in [5.74, 6) is -0.0171. The van der Waals surface area contributed by atoms with Crippen LogP contribution >= 0.6 is 0 Å². The highest BCUT2D eigenvalue weighted by atomic mass is 16.5. The van der Waals surface area contributed by atoms with Crippen molar-refractivity contribution in [1.29, 1.82) is 0 Å². The van der Waals surface area contributed by atoms with Gasteiger partial charge in [-0.25, -0.2) is 0 Å². The second kappa shape index (κ2) is 40.4. The van der Waals surface area contributed by atoms with Gasteiger partial charge in [-0.15, -0.1) is 0 Å². The summed E-state index contributed by atoms with van der Waals surface area (Å²) in [6.45, 7) is 15.2. The fourth-order valence-corrected chi connectivity index (χ4v) is 7.97. The Labute approximate surface area is 359 Å². The maximum absolute atomic E-state index is 12.9. The normalized spacial score (nSPS) is 14.1. The van der Waals surface area contributed by atoms with E-state index < -0.39 is 6.35 Å². The van der Waals surface area contributed by atoms with Crippen molar-refractivity contribution < 1.29 is 24.2 Å². The van der Waals surface area contributed by atoms with Crippen LogP contribution in [0.25, 0.3) is 0 Å². The Bertz CT molecular complexity index is 974. The highest BCUT2D eigenvalue weighted by molar-refractivity contribution is 5.69. The van der Waals surface area contributed by atoms with Gasteiger partial charge < -0.3 is 29.7 Å². The maximum Gasteiger partial charge on any atom is 0.306 e. The molecule has 0 aromatic rings. The Morgan fingerprint density at radius 1 is 0.621 bits per heavy atom. The molecule has 0 aromatic heterocycles. The van der Waals surface area contributed by atoms with Crippen LogP contribution in [0.3, 0.4) is 0 Å². The molecule has 8 heteroatoms. The summed E-state index contributed by atoms with van der Waals surface area (Å²) in [5, 5.41) is 13.4. The van der Waals surface area contributed by atoms with E-state index in [0.717, 1.165) is 115 Å². The van der Waals surface area contributed by atoms with Gasteiger partial charge in [0.05, 0.1) is 6.61 Å². The molecule has 8 nitrogen and oxygen atoms in total. The van der Waals surface area contributed by atoms with Crippen molar-refractivity contribution in [2.24, 2.45) is 0 Å². The molecule has 1 unspecified atom stereocenters. The number of ether oxygens (including phenoxy) is 2. The zero-order valence-electron chi connectivity index (χ0n) is 38.6. The first-order valence-corrected chi connectivity index (χ1v) is 25.0. The van der Waals surface area contributed by atoms with Gasteiger partial charge in [0.15, 0.2) is 0 Å². The van der Waals surface area contributed by atoms with Crippen LogP contribution in [0, 0.1) is 0 Å². The molecule has 2 N–H and O–H groups in total. The molecule has 0 saturated heterocycles. The zero-order chi connectivity index (χ0) is 42.2. The second-order valence-electron chi connectivity index (χ2n) is 17.4. The van der Waals surface area contributed by atoms with Crippen LogP contribution in [-0.4, -0.2) is 72.1 Å². The van der Waals surface area contributed by atoms with Crippen molar-refractivity contribution in [2.45, 2.75) is 252 Å². The van der Waals surface area contributed by atoms with E-state index in [4.69, 9.17) is 9.47 Å². The van der Waals surface area contributed by atoms with Gasteiger partial charge in [0, 0.05) is 31.3 Å². The molecule has 0 amide bonds. The third-order valence-electron chi connectivity index (χ3n) is 11.8. The topological polar surface area (TPSA) is 91.3 Å². The van der Waals surface area contributed by atoms with E-state index in [0.29, 0.717) is 19.4 Å². The molecule has 1 aliphatic rings. The predicted molar refractivity (Wildman–Crippen MR) is 245 cm³/mol. The fourth-order valence-electron chi connectivity index (χ4n) is 7.97. The first-order chi connectivity index (χ1) is 28.4. The van der Waals surface area contributed by atoms with Crippen LogP contribution in [0.5, 0.6) is 0 Å². The number of esters is 2. The van der Waals surface area contributed by atoms with Crippen LogP contribution in [0.1, 0.15) is 239 Å².